The van der Waals surface area contributed by atoms with Gasteiger partial charge in [0, 0.05) is 23.2 Å². The van der Waals surface area contributed by atoms with Gasteiger partial charge in [0.15, 0.2) is 0 Å². The lowest BCUT2D eigenvalue weighted by atomic mass is 9.96. The van der Waals surface area contributed by atoms with Crippen LogP contribution in [0.5, 0.6) is 0 Å². The maximum absolute atomic E-state index is 12.0. The summed E-state index contributed by atoms with van der Waals surface area (Å²) in [6.07, 6.45) is 1.69. The molecule has 16 heavy (non-hydrogen) atoms. The van der Waals surface area contributed by atoms with E-state index in [1.165, 1.54) is 0 Å². The Morgan fingerprint density at radius 1 is 1.50 bits per heavy atom. The van der Waals surface area contributed by atoms with E-state index in [0.717, 1.165) is 5.06 Å². The lowest BCUT2D eigenvalue weighted by molar-refractivity contribution is -0.118. The van der Waals surface area contributed by atoms with Crippen molar-refractivity contribution in [3.63, 3.8) is 0 Å². The zero-order valence-electron chi connectivity index (χ0n) is 10.2. The van der Waals surface area contributed by atoms with Gasteiger partial charge in [0.2, 0.25) is 5.91 Å². The highest BCUT2D eigenvalue weighted by Crippen LogP contribution is 2.38. The van der Waals surface area contributed by atoms with Crippen molar-refractivity contribution >= 4 is 5.91 Å². The van der Waals surface area contributed by atoms with Gasteiger partial charge in [-0.05, 0) is 27.7 Å². The van der Waals surface area contributed by atoms with Crippen molar-refractivity contribution in [3.05, 3.63) is 16.9 Å². The molecule has 2 N–H and O–H groups in total. The Balaban J connectivity index is 2.92. The highest BCUT2D eigenvalue weighted by Gasteiger charge is 2.42. The van der Waals surface area contributed by atoms with E-state index in [1.54, 1.807) is 33.8 Å². The van der Waals surface area contributed by atoms with Crippen molar-refractivity contribution in [2.45, 2.75) is 38.8 Å². The smallest absolute Gasteiger partial charge is 0.248 e. The number of nitrogens with one attached hydrogen (secondary N) is 1. The molecule has 0 saturated carbocycles. The van der Waals surface area contributed by atoms with Crippen molar-refractivity contribution in [3.8, 4) is 0 Å². The molecule has 0 aromatic heterocycles. The first-order chi connectivity index (χ1) is 7.23. The molecule has 1 rings (SSSR count). The molecule has 0 atom stereocenters. The van der Waals surface area contributed by atoms with Crippen LogP contribution in [0.4, 0.5) is 0 Å². The number of carbonyl (C=O) groups excluding carboxylic acids is 1. The Kier molecular flexibility index (Phi) is 3.42. The first-order valence-electron chi connectivity index (χ1n) is 5.33. The molecule has 0 aliphatic carbocycles. The van der Waals surface area contributed by atoms with Gasteiger partial charge in [0.25, 0.3) is 0 Å². The zero-order valence-corrected chi connectivity index (χ0v) is 10.2. The molecule has 1 amide bonds. The molecule has 5 heteroatoms. The molecular weight excluding hydrogens is 208 g/mol. The minimum atomic E-state index is -0.830. The minimum absolute atomic E-state index is 0.107. The second-order valence-corrected chi connectivity index (χ2v) is 5.04. The summed E-state index contributed by atoms with van der Waals surface area (Å²) in [5.41, 5.74) is -1.04. The molecule has 0 aromatic carbocycles. The standard InChI is InChI=1S/C11H19N2O3/c1-10(2)7-8(9(15)12-5-6-14)11(3,4)13(10)16/h7,14H,5-6H2,1-4H3,(H,12,15)/q-1. The van der Waals surface area contributed by atoms with Gasteiger partial charge < -0.3 is 20.7 Å². The maximum atomic E-state index is 12.0. The number of hydrogen-bond acceptors (Lipinski definition) is 4. The summed E-state index contributed by atoms with van der Waals surface area (Å²) < 4.78 is 0. The third-order valence-corrected chi connectivity index (χ3v) is 2.83. The van der Waals surface area contributed by atoms with Crippen LogP contribution in [-0.2, 0) is 4.79 Å². The summed E-state index contributed by atoms with van der Waals surface area (Å²) in [6, 6.07) is 0. The van der Waals surface area contributed by atoms with Gasteiger partial charge in [-0.1, -0.05) is 6.08 Å². The molecule has 0 spiro atoms. The van der Waals surface area contributed by atoms with Crippen LogP contribution in [0.25, 0.3) is 0 Å². The Labute approximate surface area is 95.7 Å². The highest BCUT2D eigenvalue weighted by atomic mass is 16.5. The molecule has 1 aliphatic heterocycles. The van der Waals surface area contributed by atoms with Crippen LogP contribution < -0.4 is 5.32 Å². The number of amides is 1. The summed E-state index contributed by atoms with van der Waals surface area (Å²) in [7, 11) is 0. The first-order valence-corrected chi connectivity index (χ1v) is 5.33. The molecule has 92 valence electrons. The van der Waals surface area contributed by atoms with Crippen molar-refractivity contribution in [1.82, 2.24) is 10.4 Å². The first kappa shape index (κ1) is 13.2. The Hall–Kier alpha value is -0.910. The monoisotopic (exact) mass is 227 g/mol. The molecular formula is C11H19N2O3-. The van der Waals surface area contributed by atoms with E-state index in [0.29, 0.717) is 5.57 Å². The molecule has 1 heterocycles. The fourth-order valence-corrected chi connectivity index (χ4v) is 2.03. The number of nitrogens with zero attached hydrogens (tertiary/aromatic N) is 1. The van der Waals surface area contributed by atoms with E-state index in [1.807, 2.05) is 0 Å². The number of hydroxylamine groups is 2. The third kappa shape index (κ3) is 2.11. The van der Waals surface area contributed by atoms with E-state index < -0.39 is 11.1 Å². The van der Waals surface area contributed by atoms with Crippen molar-refractivity contribution in [2.24, 2.45) is 0 Å². The summed E-state index contributed by atoms with van der Waals surface area (Å²) in [5, 5.41) is 24.1. The average molecular weight is 227 g/mol. The maximum Gasteiger partial charge on any atom is 0.248 e. The topological polar surface area (TPSA) is 75.6 Å². The number of hydrogen-bond donors (Lipinski definition) is 2. The average Bonchev–Trinajstić information content (AvgIpc) is 2.35. The third-order valence-electron chi connectivity index (χ3n) is 2.83. The fraction of sp³-hybridized carbons (Fsp3) is 0.727. The molecule has 0 saturated heterocycles. The normalized spacial score (nSPS) is 23.0. The summed E-state index contributed by atoms with van der Waals surface area (Å²) >= 11 is 0. The largest absolute Gasteiger partial charge is 0.784 e. The Morgan fingerprint density at radius 2 is 2.06 bits per heavy atom. The number of aliphatic hydroxyl groups excluding tert-OH is 1. The van der Waals surface area contributed by atoms with Gasteiger partial charge in [-0.25, -0.2) is 0 Å². The van der Waals surface area contributed by atoms with E-state index in [2.05, 4.69) is 5.32 Å². The molecule has 0 aromatic rings. The van der Waals surface area contributed by atoms with Gasteiger partial charge in [-0.3, -0.25) is 4.79 Å². The van der Waals surface area contributed by atoms with Gasteiger partial charge in [-0.2, -0.15) is 0 Å². The van der Waals surface area contributed by atoms with Crippen LogP contribution >= 0.6 is 0 Å². The lowest BCUT2D eigenvalue weighted by Gasteiger charge is -2.47. The summed E-state index contributed by atoms with van der Waals surface area (Å²) in [5.74, 6) is -0.287. The molecule has 0 fully saturated rings. The van der Waals surface area contributed by atoms with Gasteiger partial charge in [-0.15, -0.1) is 0 Å². The van der Waals surface area contributed by atoms with E-state index >= 15 is 0 Å². The van der Waals surface area contributed by atoms with Crippen molar-refractivity contribution in [2.75, 3.05) is 13.2 Å². The van der Waals surface area contributed by atoms with Crippen LogP contribution in [0.3, 0.4) is 0 Å². The van der Waals surface area contributed by atoms with Crippen LogP contribution in [0.15, 0.2) is 11.6 Å². The number of rotatable bonds is 3. The second kappa shape index (κ2) is 4.16. The Morgan fingerprint density at radius 3 is 2.44 bits per heavy atom. The van der Waals surface area contributed by atoms with Crippen molar-refractivity contribution in [1.29, 1.82) is 0 Å². The highest BCUT2D eigenvalue weighted by molar-refractivity contribution is 5.96. The summed E-state index contributed by atoms with van der Waals surface area (Å²) in [4.78, 5) is 11.8. The predicted octanol–water partition coefficient (Wildman–Crippen LogP) is 0.392. The number of aliphatic hydroxyl groups is 1. The lowest BCUT2D eigenvalue weighted by Crippen LogP contribution is -2.48. The van der Waals surface area contributed by atoms with Crippen LogP contribution in [0.1, 0.15) is 27.7 Å². The molecule has 0 radical (unpaired) electrons. The fourth-order valence-electron chi connectivity index (χ4n) is 2.03. The van der Waals surface area contributed by atoms with Gasteiger partial charge in [0.1, 0.15) is 0 Å². The molecule has 1 aliphatic rings. The quantitative estimate of drug-likeness (QED) is 0.731. The van der Waals surface area contributed by atoms with E-state index in [4.69, 9.17) is 5.11 Å². The van der Waals surface area contributed by atoms with Crippen LogP contribution in [-0.4, -0.2) is 40.3 Å². The van der Waals surface area contributed by atoms with Crippen LogP contribution in [0.2, 0.25) is 0 Å². The molecule has 5 nitrogen and oxygen atoms in total. The molecule has 0 bridgehead atoms. The minimum Gasteiger partial charge on any atom is -0.784 e. The van der Waals surface area contributed by atoms with E-state index in [9.17, 15) is 10.0 Å². The predicted molar refractivity (Wildman–Crippen MR) is 61.5 cm³/mol. The Bertz CT molecular complexity index is 321. The SMILES string of the molecule is CC1(C)C=C(C(=O)NCCO)C(C)(C)N1[O-]. The van der Waals surface area contributed by atoms with Gasteiger partial charge >= 0.3 is 0 Å². The zero-order chi connectivity index (χ0) is 12.6. The molecule has 0 unspecified atom stereocenters. The van der Waals surface area contributed by atoms with E-state index in [-0.39, 0.29) is 19.1 Å². The van der Waals surface area contributed by atoms with Gasteiger partial charge in [0.05, 0.1) is 6.61 Å². The van der Waals surface area contributed by atoms with Crippen molar-refractivity contribution < 1.29 is 9.90 Å². The van der Waals surface area contributed by atoms with Crippen LogP contribution in [0, 0.1) is 5.21 Å². The number of carbonyl (C=O) groups is 1. The summed E-state index contributed by atoms with van der Waals surface area (Å²) in [6.45, 7) is 7.08. The second-order valence-electron chi connectivity index (χ2n) is 5.04.